The van der Waals surface area contributed by atoms with Gasteiger partial charge in [0.1, 0.15) is 0 Å². The number of aryl methyl sites for hydroxylation is 1. The van der Waals surface area contributed by atoms with E-state index in [4.69, 9.17) is 0 Å². The number of hydrogen-bond acceptors (Lipinski definition) is 2. The number of nitrogens with one attached hydrogen (secondary N) is 1. The lowest BCUT2D eigenvalue weighted by Crippen LogP contribution is -2.42. The summed E-state index contributed by atoms with van der Waals surface area (Å²) < 4.78 is 0. The third-order valence-electron chi connectivity index (χ3n) is 4.62. The minimum Gasteiger partial charge on any atom is -0.338 e. The fourth-order valence-corrected chi connectivity index (χ4v) is 3.44. The standard InChI is InChI=1S/C16H22N2O.ClH/c1-13-3-2-4-14(11-13)12-18-10-7-16(15(18)19)5-8-17-9-6-16;/h2-4,11,17H,5-10,12H2,1H3;1H. The van der Waals surface area contributed by atoms with Crippen LogP contribution in [-0.2, 0) is 11.3 Å². The zero-order chi connectivity index (χ0) is 13.3. The average Bonchev–Trinajstić information content (AvgIpc) is 2.70. The molecule has 1 N–H and O–H groups in total. The van der Waals surface area contributed by atoms with Crippen LogP contribution in [0.4, 0.5) is 0 Å². The van der Waals surface area contributed by atoms with E-state index < -0.39 is 0 Å². The normalized spacial score (nSPS) is 21.1. The van der Waals surface area contributed by atoms with E-state index in [9.17, 15) is 4.79 Å². The Hall–Kier alpha value is -1.06. The van der Waals surface area contributed by atoms with Crippen LogP contribution in [0.2, 0.25) is 0 Å². The second-order valence-electron chi connectivity index (χ2n) is 6.00. The van der Waals surface area contributed by atoms with Crippen LogP contribution in [-0.4, -0.2) is 30.4 Å². The molecule has 1 amide bonds. The molecule has 1 aromatic rings. The molecule has 110 valence electrons. The molecule has 2 saturated heterocycles. The van der Waals surface area contributed by atoms with Crippen molar-refractivity contribution in [3.63, 3.8) is 0 Å². The first-order chi connectivity index (χ1) is 9.20. The maximum atomic E-state index is 12.7. The Morgan fingerprint density at radius 1 is 1.25 bits per heavy atom. The minimum absolute atomic E-state index is 0. The van der Waals surface area contributed by atoms with E-state index in [1.165, 1.54) is 11.1 Å². The van der Waals surface area contributed by atoms with Gasteiger partial charge in [0.15, 0.2) is 0 Å². The first-order valence-corrected chi connectivity index (χ1v) is 7.25. The third kappa shape index (κ3) is 2.84. The van der Waals surface area contributed by atoms with Crippen molar-refractivity contribution in [3.05, 3.63) is 35.4 Å². The molecule has 2 aliphatic rings. The first kappa shape index (κ1) is 15.3. The molecular weight excluding hydrogens is 272 g/mol. The van der Waals surface area contributed by atoms with Crippen LogP contribution in [0.1, 0.15) is 30.4 Å². The zero-order valence-corrected chi connectivity index (χ0v) is 12.8. The van der Waals surface area contributed by atoms with Gasteiger partial charge in [-0.05, 0) is 44.8 Å². The van der Waals surface area contributed by atoms with Crippen LogP contribution in [0.5, 0.6) is 0 Å². The maximum Gasteiger partial charge on any atom is 0.229 e. The van der Waals surface area contributed by atoms with Crippen molar-refractivity contribution in [3.8, 4) is 0 Å². The van der Waals surface area contributed by atoms with Gasteiger partial charge in [0, 0.05) is 13.1 Å². The molecule has 3 nitrogen and oxygen atoms in total. The van der Waals surface area contributed by atoms with E-state index in [1.807, 2.05) is 0 Å². The smallest absolute Gasteiger partial charge is 0.229 e. The lowest BCUT2D eigenvalue weighted by Gasteiger charge is -2.32. The summed E-state index contributed by atoms with van der Waals surface area (Å²) in [6.07, 6.45) is 3.06. The number of halogens is 1. The summed E-state index contributed by atoms with van der Waals surface area (Å²) in [6.45, 7) is 5.78. The van der Waals surface area contributed by atoms with Crippen molar-refractivity contribution in [2.45, 2.75) is 32.7 Å². The second-order valence-corrected chi connectivity index (χ2v) is 6.00. The highest BCUT2D eigenvalue weighted by atomic mass is 35.5. The summed E-state index contributed by atoms with van der Waals surface area (Å²) in [5.74, 6) is 0.385. The Morgan fingerprint density at radius 3 is 2.70 bits per heavy atom. The SMILES string of the molecule is Cc1cccc(CN2CCC3(CCNCC3)C2=O)c1.Cl. The summed E-state index contributed by atoms with van der Waals surface area (Å²) in [5, 5.41) is 3.36. The predicted molar refractivity (Wildman–Crippen MR) is 83.0 cm³/mol. The van der Waals surface area contributed by atoms with Gasteiger partial charge in [-0.25, -0.2) is 0 Å². The predicted octanol–water partition coefficient (Wildman–Crippen LogP) is 2.52. The Kier molecular flexibility index (Phi) is 4.71. The molecule has 1 aromatic carbocycles. The number of piperidine rings is 1. The third-order valence-corrected chi connectivity index (χ3v) is 4.62. The van der Waals surface area contributed by atoms with Crippen molar-refractivity contribution >= 4 is 18.3 Å². The van der Waals surface area contributed by atoms with Crippen molar-refractivity contribution in [1.29, 1.82) is 0 Å². The molecule has 0 aliphatic carbocycles. The summed E-state index contributed by atoms with van der Waals surface area (Å²) in [6, 6.07) is 8.48. The van der Waals surface area contributed by atoms with Gasteiger partial charge < -0.3 is 10.2 Å². The van der Waals surface area contributed by atoms with Crippen LogP contribution >= 0.6 is 12.4 Å². The van der Waals surface area contributed by atoms with E-state index in [1.54, 1.807) is 0 Å². The molecule has 2 heterocycles. The molecule has 0 saturated carbocycles. The van der Waals surface area contributed by atoms with Crippen LogP contribution in [0.25, 0.3) is 0 Å². The fourth-order valence-electron chi connectivity index (χ4n) is 3.44. The van der Waals surface area contributed by atoms with Gasteiger partial charge in [-0.3, -0.25) is 4.79 Å². The molecule has 20 heavy (non-hydrogen) atoms. The number of amides is 1. The van der Waals surface area contributed by atoms with Crippen LogP contribution in [0.3, 0.4) is 0 Å². The molecule has 0 aromatic heterocycles. The highest BCUT2D eigenvalue weighted by molar-refractivity contribution is 5.85. The number of carbonyl (C=O) groups is 1. The van der Waals surface area contributed by atoms with Gasteiger partial charge in [-0.1, -0.05) is 29.8 Å². The molecule has 0 radical (unpaired) electrons. The Bertz CT molecular complexity index is 483. The topological polar surface area (TPSA) is 32.3 Å². The van der Waals surface area contributed by atoms with Gasteiger partial charge in [0.05, 0.1) is 5.41 Å². The van der Waals surface area contributed by atoms with Gasteiger partial charge >= 0.3 is 0 Å². The van der Waals surface area contributed by atoms with Crippen molar-refractivity contribution in [2.24, 2.45) is 5.41 Å². The van der Waals surface area contributed by atoms with Gasteiger partial charge in [-0.15, -0.1) is 12.4 Å². The summed E-state index contributed by atoms with van der Waals surface area (Å²) in [4.78, 5) is 14.7. The lowest BCUT2D eigenvalue weighted by molar-refractivity contribution is -0.137. The van der Waals surface area contributed by atoms with E-state index in [0.717, 1.165) is 45.4 Å². The van der Waals surface area contributed by atoms with E-state index in [0.29, 0.717) is 5.91 Å². The molecule has 2 fully saturated rings. The summed E-state index contributed by atoms with van der Waals surface area (Å²) in [7, 11) is 0. The number of benzene rings is 1. The van der Waals surface area contributed by atoms with Crippen LogP contribution in [0.15, 0.2) is 24.3 Å². The largest absolute Gasteiger partial charge is 0.338 e. The van der Waals surface area contributed by atoms with E-state index in [-0.39, 0.29) is 17.8 Å². The molecule has 0 atom stereocenters. The summed E-state index contributed by atoms with van der Waals surface area (Å²) in [5.41, 5.74) is 2.47. The van der Waals surface area contributed by atoms with Crippen LogP contribution in [0, 0.1) is 12.3 Å². The summed E-state index contributed by atoms with van der Waals surface area (Å²) >= 11 is 0. The van der Waals surface area contributed by atoms with Gasteiger partial charge in [0.2, 0.25) is 5.91 Å². The molecular formula is C16H23ClN2O. The number of nitrogens with zero attached hydrogens (tertiary/aromatic N) is 1. The monoisotopic (exact) mass is 294 g/mol. The molecule has 1 spiro atoms. The molecule has 4 heteroatoms. The van der Waals surface area contributed by atoms with Crippen LogP contribution < -0.4 is 5.32 Å². The van der Waals surface area contributed by atoms with Crippen molar-refractivity contribution in [2.75, 3.05) is 19.6 Å². The Labute approximate surface area is 127 Å². The van der Waals surface area contributed by atoms with Crippen molar-refractivity contribution in [1.82, 2.24) is 10.2 Å². The highest BCUT2D eigenvalue weighted by Gasteiger charge is 2.46. The second kappa shape index (κ2) is 6.15. The molecule has 3 rings (SSSR count). The fraction of sp³-hybridized carbons (Fsp3) is 0.562. The quantitative estimate of drug-likeness (QED) is 0.909. The maximum absolute atomic E-state index is 12.7. The lowest BCUT2D eigenvalue weighted by atomic mass is 9.78. The zero-order valence-electron chi connectivity index (χ0n) is 12.0. The van der Waals surface area contributed by atoms with Gasteiger partial charge in [0.25, 0.3) is 0 Å². The Balaban J connectivity index is 0.00000147. The molecule has 2 aliphatic heterocycles. The molecule has 0 unspecified atom stereocenters. The average molecular weight is 295 g/mol. The van der Waals surface area contributed by atoms with E-state index >= 15 is 0 Å². The van der Waals surface area contributed by atoms with Gasteiger partial charge in [-0.2, -0.15) is 0 Å². The number of carbonyl (C=O) groups excluding carboxylic acids is 1. The number of likely N-dealkylation sites (tertiary alicyclic amines) is 1. The first-order valence-electron chi connectivity index (χ1n) is 7.25. The minimum atomic E-state index is -0.0466. The highest BCUT2D eigenvalue weighted by Crippen LogP contribution is 2.40. The number of rotatable bonds is 2. The van der Waals surface area contributed by atoms with E-state index in [2.05, 4.69) is 41.4 Å². The Morgan fingerprint density at radius 2 is 2.00 bits per heavy atom. The molecule has 0 bridgehead atoms. The van der Waals surface area contributed by atoms with Crippen molar-refractivity contribution < 1.29 is 4.79 Å². The number of hydrogen-bond donors (Lipinski definition) is 1.